The number of rotatable bonds is 7. The van der Waals surface area contributed by atoms with E-state index in [0.29, 0.717) is 13.0 Å². The van der Waals surface area contributed by atoms with E-state index in [9.17, 15) is 9.59 Å². The Labute approximate surface area is 110 Å². The quantitative estimate of drug-likeness (QED) is 0.705. The van der Waals surface area contributed by atoms with Gasteiger partial charge in [0.1, 0.15) is 0 Å². The molecule has 2 unspecified atom stereocenters. The van der Waals surface area contributed by atoms with E-state index in [2.05, 4.69) is 5.32 Å². The summed E-state index contributed by atoms with van der Waals surface area (Å²) in [6.07, 6.45) is 0.711. The van der Waals surface area contributed by atoms with Crippen LogP contribution in [0.15, 0.2) is 0 Å². The molecule has 0 bridgehead atoms. The van der Waals surface area contributed by atoms with E-state index in [1.165, 1.54) is 0 Å². The van der Waals surface area contributed by atoms with Crippen LogP contribution in [0.5, 0.6) is 0 Å². The topological polar surface area (TPSA) is 52.7 Å². The van der Waals surface area contributed by atoms with Crippen molar-refractivity contribution in [2.24, 2.45) is 11.8 Å². The van der Waals surface area contributed by atoms with Gasteiger partial charge in [-0.1, -0.05) is 0 Å². The average molecular weight is 255 g/mol. The maximum absolute atomic E-state index is 12.0. The summed E-state index contributed by atoms with van der Waals surface area (Å²) < 4.78 is 0. The lowest BCUT2D eigenvalue weighted by atomic mass is 10.2. The van der Waals surface area contributed by atoms with Crippen LogP contribution in [0, 0.1) is 11.8 Å². The van der Waals surface area contributed by atoms with Crippen molar-refractivity contribution in [3.05, 3.63) is 0 Å². The zero-order valence-corrected chi connectivity index (χ0v) is 11.9. The summed E-state index contributed by atoms with van der Waals surface area (Å²) in [6.45, 7) is 6.86. The Bertz CT molecular complexity index is 301. The number of nitrogens with zero attached hydrogens (tertiary/aromatic N) is 2. The van der Waals surface area contributed by atoms with Crippen molar-refractivity contribution in [2.75, 3.05) is 40.3 Å². The molecule has 18 heavy (non-hydrogen) atoms. The van der Waals surface area contributed by atoms with Crippen LogP contribution in [-0.4, -0.2) is 61.9 Å². The molecule has 1 aliphatic rings. The molecule has 1 rings (SSSR count). The molecule has 0 spiro atoms. The molecule has 2 atom stereocenters. The average Bonchev–Trinajstić information content (AvgIpc) is 3.09. The summed E-state index contributed by atoms with van der Waals surface area (Å²) in [5.74, 6) is -0.0142. The van der Waals surface area contributed by atoms with Crippen LogP contribution in [0.1, 0.15) is 20.3 Å². The van der Waals surface area contributed by atoms with Gasteiger partial charge in [-0.05, 0) is 34.4 Å². The van der Waals surface area contributed by atoms with Crippen molar-refractivity contribution in [1.82, 2.24) is 15.1 Å². The van der Waals surface area contributed by atoms with Crippen LogP contribution in [-0.2, 0) is 9.59 Å². The lowest BCUT2D eigenvalue weighted by molar-refractivity contribution is -0.134. The molecule has 0 aromatic carbocycles. The molecule has 1 saturated carbocycles. The number of amides is 2. The molecule has 0 aromatic rings. The Morgan fingerprint density at radius 2 is 1.78 bits per heavy atom. The van der Waals surface area contributed by atoms with Gasteiger partial charge in [-0.25, -0.2) is 0 Å². The molecule has 1 aliphatic carbocycles. The molecule has 2 amide bonds. The Kier molecular flexibility index (Phi) is 5.59. The zero-order valence-electron chi connectivity index (χ0n) is 11.9. The number of hydrogen-bond donors (Lipinski definition) is 1. The van der Waals surface area contributed by atoms with Gasteiger partial charge < -0.3 is 15.1 Å². The maximum atomic E-state index is 12.0. The van der Waals surface area contributed by atoms with Gasteiger partial charge in [-0.15, -0.1) is 0 Å². The molecule has 0 heterocycles. The minimum atomic E-state index is -0.0970. The van der Waals surface area contributed by atoms with E-state index in [-0.39, 0.29) is 23.7 Å². The van der Waals surface area contributed by atoms with Crippen molar-refractivity contribution < 1.29 is 9.59 Å². The van der Waals surface area contributed by atoms with Gasteiger partial charge in [0.25, 0.3) is 0 Å². The van der Waals surface area contributed by atoms with E-state index in [4.69, 9.17) is 0 Å². The third-order valence-electron chi connectivity index (χ3n) is 3.38. The van der Waals surface area contributed by atoms with Gasteiger partial charge in [-0.3, -0.25) is 9.59 Å². The van der Waals surface area contributed by atoms with Crippen molar-refractivity contribution in [3.63, 3.8) is 0 Å². The molecule has 0 radical (unpaired) electrons. The summed E-state index contributed by atoms with van der Waals surface area (Å²) in [5, 5.41) is 2.88. The van der Waals surface area contributed by atoms with Gasteiger partial charge in [0.05, 0.1) is 11.8 Å². The van der Waals surface area contributed by atoms with Crippen LogP contribution in [0.4, 0.5) is 0 Å². The third-order valence-corrected chi connectivity index (χ3v) is 3.38. The highest BCUT2D eigenvalue weighted by molar-refractivity contribution is 5.92. The van der Waals surface area contributed by atoms with Crippen molar-refractivity contribution in [1.29, 1.82) is 0 Å². The smallest absolute Gasteiger partial charge is 0.226 e. The normalized spacial score (nSPS) is 21.8. The van der Waals surface area contributed by atoms with Crippen LogP contribution in [0.3, 0.4) is 0 Å². The Morgan fingerprint density at radius 3 is 2.28 bits per heavy atom. The number of nitrogens with one attached hydrogen (secondary N) is 1. The largest absolute Gasteiger partial charge is 0.355 e. The SMILES string of the molecule is CCN(CC)C(=O)C1CC1C(=O)NCCN(C)C. The van der Waals surface area contributed by atoms with Crippen LogP contribution in [0.25, 0.3) is 0 Å². The van der Waals surface area contributed by atoms with E-state index in [1.807, 2.05) is 32.8 Å². The van der Waals surface area contributed by atoms with E-state index >= 15 is 0 Å². The Balaban J connectivity index is 2.31. The van der Waals surface area contributed by atoms with Gasteiger partial charge in [0.15, 0.2) is 0 Å². The second-order valence-corrected chi connectivity index (χ2v) is 5.05. The molecule has 1 N–H and O–H groups in total. The summed E-state index contributed by atoms with van der Waals surface area (Å²) in [5.41, 5.74) is 0. The van der Waals surface area contributed by atoms with Crippen molar-refractivity contribution >= 4 is 11.8 Å². The lowest BCUT2D eigenvalue weighted by Gasteiger charge is -2.18. The molecule has 1 fully saturated rings. The molecule has 5 nitrogen and oxygen atoms in total. The molecule has 0 aliphatic heterocycles. The van der Waals surface area contributed by atoms with Crippen molar-refractivity contribution in [2.45, 2.75) is 20.3 Å². The summed E-state index contributed by atoms with van der Waals surface area (Å²) in [4.78, 5) is 27.6. The monoisotopic (exact) mass is 255 g/mol. The minimum absolute atomic E-state index is 0.0300. The zero-order chi connectivity index (χ0) is 13.7. The first kappa shape index (κ1) is 15.0. The molecular weight excluding hydrogens is 230 g/mol. The van der Waals surface area contributed by atoms with Gasteiger partial charge in [0.2, 0.25) is 11.8 Å². The van der Waals surface area contributed by atoms with Gasteiger partial charge in [0, 0.05) is 26.2 Å². The van der Waals surface area contributed by atoms with Crippen LogP contribution >= 0.6 is 0 Å². The van der Waals surface area contributed by atoms with Gasteiger partial charge in [-0.2, -0.15) is 0 Å². The van der Waals surface area contributed by atoms with Gasteiger partial charge >= 0.3 is 0 Å². The number of carbonyl (C=O) groups is 2. The molecule has 5 heteroatoms. The summed E-state index contributed by atoms with van der Waals surface area (Å²) in [7, 11) is 3.94. The first-order valence-electron chi connectivity index (χ1n) is 6.72. The second-order valence-electron chi connectivity index (χ2n) is 5.05. The Hall–Kier alpha value is -1.10. The lowest BCUT2D eigenvalue weighted by Crippen LogP contribution is -2.35. The minimum Gasteiger partial charge on any atom is -0.355 e. The van der Waals surface area contributed by atoms with Crippen molar-refractivity contribution in [3.8, 4) is 0 Å². The predicted molar refractivity (Wildman–Crippen MR) is 71.1 cm³/mol. The number of hydrogen-bond acceptors (Lipinski definition) is 3. The van der Waals surface area contributed by atoms with E-state index in [1.54, 1.807) is 4.90 Å². The maximum Gasteiger partial charge on any atom is 0.226 e. The number of carbonyl (C=O) groups excluding carboxylic acids is 2. The highest BCUT2D eigenvalue weighted by Crippen LogP contribution is 2.40. The summed E-state index contributed by atoms with van der Waals surface area (Å²) in [6, 6.07) is 0. The third kappa shape index (κ3) is 3.98. The Morgan fingerprint density at radius 1 is 1.17 bits per heavy atom. The fraction of sp³-hybridized carbons (Fsp3) is 0.846. The molecule has 0 aromatic heterocycles. The highest BCUT2D eigenvalue weighted by atomic mass is 16.2. The highest BCUT2D eigenvalue weighted by Gasteiger charge is 2.48. The predicted octanol–water partition coefficient (Wildman–Crippen LogP) is 0.169. The molecular formula is C13H25N3O2. The van der Waals surface area contributed by atoms with E-state index in [0.717, 1.165) is 19.6 Å². The van der Waals surface area contributed by atoms with E-state index < -0.39 is 0 Å². The van der Waals surface area contributed by atoms with Crippen LogP contribution < -0.4 is 5.32 Å². The summed E-state index contributed by atoms with van der Waals surface area (Å²) >= 11 is 0. The van der Waals surface area contributed by atoms with Crippen LogP contribution in [0.2, 0.25) is 0 Å². The molecule has 0 saturated heterocycles. The first-order valence-corrected chi connectivity index (χ1v) is 6.72. The second kappa shape index (κ2) is 6.73. The first-order chi connectivity index (χ1) is 8.51. The standard InChI is InChI=1S/C13H25N3O2/c1-5-16(6-2)13(18)11-9-10(11)12(17)14-7-8-15(3)4/h10-11H,5-9H2,1-4H3,(H,14,17). The molecule has 104 valence electrons. The number of likely N-dealkylation sites (N-methyl/N-ethyl adjacent to an activating group) is 1. The fourth-order valence-corrected chi connectivity index (χ4v) is 2.06. The fourth-order valence-electron chi connectivity index (χ4n) is 2.06.